The number of methoxy groups -OCH3 is 1. The minimum absolute atomic E-state index is 0.0335. The molecule has 0 fully saturated rings. The van der Waals surface area contributed by atoms with Crippen molar-refractivity contribution in [2.24, 2.45) is 5.92 Å². The number of carbonyl (C=O) groups excluding carboxylic acids is 1. The molecule has 4 heteroatoms. The van der Waals surface area contributed by atoms with Crippen LogP contribution in [-0.4, -0.2) is 23.0 Å². The number of hydrogen-bond acceptors (Lipinski definition) is 4. The van der Waals surface area contributed by atoms with Gasteiger partial charge in [0.05, 0.1) is 13.0 Å². The van der Waals surface area contributed by atoms with Crippen LogP contribution in [0.15, 0.2) is 55.1 Å². The Bertz CT molecular complexity index is 653. The maximum absolute atomic E-state index is 12.1. The summed E-state index contributed by atoms with van der Waals surface area (Å²) in [5.41, 5.74) is 3.25. The third-order valence-corrected chi connectivity index (χ3v) is 3.87. The average molecular weight is 280 g/mol. The standard InChI is InChI=1S/C17H16N2O2/c1-21-17(20)16-8-13(12-5-3-2-4-6-12)7-15(16)14-9-18-11-19-10-14/h2-7,9-11,15-16H,8H2,1H3/t15-,16-/m1/s1. The largest absolute Gasteiger partial charge is 0.469 e. The van der Waals surface area contributed by atoms with E-state index in [9.17, 15) is 4.79 Å². The van der Waals surface area contributed by atoms with E-state index >= 15 is 0 Å². The second-order valence-electron chi connectivity index (χ2n) is 5.09. The van der Waals surface area contributed by atoms with E-state index in [1.54, 1.807) is 12.4 Å². The van der Waals surface area contributed by atoms with E-state index in [1.807, 2.05) is 18.2 Å². The van der Waals surface area contributed by atoms with Crippen LogP contribution in [0.5, 0.6) is 0 Å². The summed E-state index contributed by atoms with van der Waals surface area (Å²) in [6, 6.07) is 10.1. The third kappa shape index (κ3) is 2.70. The Kier molecular flexibility index (Phi) is 3.77. The summed E-state index contributed by atoms with van der Waals surface area (Å²) in [7, 11) is 1.43. The molecule has 1 aliphatic rings. The molecule has 0 unspecified atom stereocenters. The van der Waals surface area contributed by atoms with Crippen molar-refractivity contribution in [2.75, 3.05) is 7.11 Å². The second kappa shape index (κ2) is 5.87. The van der Waals surface area contributed by atoms with E-state index < -0.39 is 0 Å². The fourth-order valence-electron chi connectivity index (χ4n) is 2.82. The lowest BCUT2D eigenvalue weighted by atomic mass is 9.90. The van der Waals surface area contributed by atoms with Crippen molar-refractivity contribution < 1.29 is 9.53 Å². The van der Waals surface area contributed by atoms with Gasteiger partial charge in [-0.2, -0.15) is 0 Å². The smallest absolute Gasteiger partial charge is 0.309 e. The van der Waals surface area contributed by atoms with Gasteiger partial charge in [-0.05, 0) is 23.1 Å². The van der Waals surface area contributed by atoms with Crippen molar-refractivity contribution in [1.82, 2.24) is 9.97 Å². The zero-order valence-corrected chi connectivity index (χ0v) is 11.8. The van der Waals surface area contributed by atoms with Gasteiger partial charge in [-0.15, -0.1) is 0 Å². The van der Waals surface area contributed by atoms with Gasteiger partial charge in [0.2, 0.25) is 0 Å². The SMILES string of the molecule is COC(=O)[C@@H]1CC(c2ccccc2)=C[C@@H]1c1cncnc1. The molecule has 4 nitrogen and oxygen atoms in total. The highest BCUT2D eigenvalue weighted by Crippen LogP contribution is 2.42. The molecule has 2 atom stereocenters. The molecule has 21 heavy (non-hydrogen) atoms. The predicted molar refractivity (Wildman–Crippen MR) is 79.3 cm³/mol. The molecule has 0 amide bonds. The Morgan fingerprint density at radius 3 is 2.57 bits per heavy atom. The van der Waals surface area contributed by atoms with Crippen LogP contribution in [0.3, 0.4) is 0 Å². The first-order valence-electron chi connectivity index (χ1n) is 6.88. The first-order valence-corrected chi connectivity index (χ1v) is 6.88. The van der Waals surface area contributed by atoms with Gasteiger partial charge in [-0.3, -0.25) is 4.79 Å². The Hall–Kier alpha value is -2.49. The molecule has 1 aromatic carbocycles. The van der Waals surface area contributed by atoms with Crippen molar-refractivity contribution in [1.29, 1.82) is 0 Å². The second-order valence-corrected chi connectivity index (χ2v) is 5.09. The molecule has 0 radical (unpaired) electrons. The summed E-state index contributed by atoms with van der Waals surface area (Å²) in [6.45, 7) is 0. The van der Waals surface area contributed by atoms with E-state index in [1.165, 1.54) is 19.0 Å². The highest BCUT2D eigenvalue weighted by atomic mass is 16.5. The van der Waals surface area contributed by atoms with Crippen LogP contribution < -0.4 is 0 Å². The van der Waals surface area contributed by atoms with Gasteiger partial charge in [0.15, 0.2) is 0 Å². The molecule has 3 rings (SSSR count). The number of benzene rings is 1. The molecule has 0 saturated heterocycles. The Morgan fingerprint density at radius 1 is 1.19 bits per heavy atom. The number of aromatic nitrogens is 2. The molecule has 0 spiro atoms. The lowest BCUT2D eigenvalue weighted by Crippen LogP contribution is -2.19. The van der Waals surface area contributed by atoms with Crippen molar-refractivity contribution in [3.8, 4) is 0 Å². The molecule has 1 heterocycles. The molecular weight excluding hydrogens is 264 g/mol. The highest BCUT2D eigenvalue weighted by molar-refractivity contribution is 5.82. The van der Waals surface area contributed by atoms with Crippen molar-refractivity contribution >= 4 is 11.5 Å². The number of nitrogens with zero attached hydrogens (tertiary/aromatic N) is 2. The van der Waals surface area contributed by atoms with E-state index in [0.717, 1.165) is 11.1 Å². The van der Waals surface area contributed by atoms with E-state index in [-0.39, 0.29) is 17.8 Å². The molecule has 0 saturated carbocycles. The van der Waals surface area contributed by atoms with Crippen LogP contribution in [0.4, 0.5) is 0 Å². The van der Waals surface area contributed by atoms with Crippen molar-refractivity contribution in [3.63, 3.8) is 0 Å². The summed E-state index contributed by atoms with van der Waals surface area (Å²) >= 11 is 0. The normalized spacial score (nSPS) is 20.9. The topological polar surface area (TPSA) is 52.1 Å². The zero-order chi connectivity index (χ0) is 14.7. The van der Waals surface area contributed by atoms with E-state index in [0.29, 0.717) is 6.42 Å². The molecule has 1 aromatic heterocycles. The third-order valence-electron chi connectivity index (χ3n) is 3.87. The Balaban J connectivity index is 1.97. The number of rotatable bonds is 3. The summed E-state index contributed by atoms with van der Waals surface area (Å²) in [4.78, 5) is 20.2. The molecular formula is C17H16N2O2. The maximum Gasteiger partial charge on any atom is 0.309 e. The van der Waals surface area contributed by atoms with Crippen molar-refractivity contribution in [2.45, 2.75) is 12.3 Å². The van der Waals surface area contributed by atoms with Gasteiger partial charge in [0.25, 0.3) is 0 Å². The Labute approximate surface area is 123 Å². The zero-order valence-electron chi connectivity index (χ0n) is 11.8. The average Bonchev–Trinajstić information content (AvgIpc) is 3.01. The quantitative estimate of drug-likeness (QED) is 0.811. The fraction of sp³-hybridized carbons (Fsp3) is 0.235. The molecule has 2 aromatic rings. The maximum atomic E-state index is 12.1. The molecule has 1 aliphatic carbocycles. The number of hydrogen-bond donors (Lipinski definition) is 0. The minimum Gasteiger partial charge on any atom is -0.469 e. The summed E-state index contributed by atoms with van der Waals surface area (Å²) in [5.74, 6) is -0.434. The number of carbonyl (C=O) groups is 1. The number of ether oxygens (including phenoxy) is 1. The van der Waals surface area contributed by atoms with E-state index in [4.69, 9.17) is 4.74 Å². The first-order chi connectivity index (χ1) is 10.3. The number of esters is 1. The van der Waals surface area contributed by atoms with Gasteiger partial charge in [-0.25, -0.2) is 9.97 Å². The lowest BCUT2D eigenvalue weighted by Gasteiger charge is -2.16. The van der Waals surface area contributed by atoms with Crippen LogP contribution >= 0.6 is 0 Å². The fourth-order valence-corrected chi connectivity index (χ4v) is 2.82. The van der Waals surface area contributed by atoms with Crippen LogP contribution in [0.1, 0.15) is 23.5 Å². The molecule has 0 N–H and O–H groups in total. The van der Waals surface area contributed by atoms with Gasteiger partial charge < -0.3 is 4.74 Å². The van der Waals surface area contributed by atoms with Crippen LogP contribution in [0.2, 0.25) is 0 Å². The van der Waals surface area contributed by atoms with E-state index in [2.05, 4.69) is 28.2 Å². The van der Waals surface area contributed by atoms with Gasteiger partial charge in [0, 0.05) is 18.3 Å². The molecule has 0 bridgehead atoms. The highest BCUT2D eigenvalue weighted by Gasteiger charge is 2.35. The first kappa shape index (κ1) is 13.5. The monoisotopic (exact) mass is 280 g/mol. The van der Waals surface area contributed by atoms with Crippen molar-refractivity contribution in [3.05, 3.63) is 66.3 Å². The lowest BCUT2D eigenvalue weighted by molar-refractivity contribution is -0.145. The van der Waals surface area contributed by atoms with Crippen LogP contribution in [-0.2, 0) is 9.53 Å². The van der Waals surface area contributed by atoms with Crippen LogP contribution in [0.25, 0.3) is 5.57 Å². The summed E-state index contributed by atoms with van der Waals surface area (Å²) in [5, 5.41) is 0. The van der Waals surface area contributed by atoms with Gasteiger partial charge >= 0.3 is 5.97 Å². The Morgan fingerprint density at radius 2 is 1.90 bits per heavy atom. The number of allylic oxidation sites excluding steroid dienone is 2. The molecule has 106 valence electrons. The van der Waals surface area contributed by atoms with Gasteiger partial charge in [-0.1, -0.05) is 36.4 Å². The van der Waals surface area contributed by atoms with Gasteiger partial charge in [0.1, 0.15) is 6.33 Å². The predicted octanol–water partition coefficient (Wildman–Crippen LogP) is 2.84. The minimum atomic E-state index is -0.212. The summed E-state index contributed by atoms with van der Waals surface area (Å²) < 4.78 is 4.96. The molecule has 0 aliphatic heterocycles. The summed E-state index contributed by atoms with van der Waals surface area (Å²) in [6.07, 6.45) is 7.83. The van der Waals surface area contributed by atoms with Crippen LogP contribution in [0, 0.1) is 5.92 Å².